The number of esters is 1. The van der Waals surface area contributed by atoms with Gasteiger partial charge >= 0.3 is 5.97 Å². The molecule has 0 N–H and O–H groups in total. The maximum atomic E-state index is 12.3. The van der Waals surface area contributed by atoms with Crippen molar-refractivity contribution in [1.82, 2.24) is 4.98 Å². The van der Waals surface area contributed by atoms with Crippen molar-refractivity contribution in [2.75, 3.05) is 30.3 Å². The number of carbonyl (C=O) groups is 1. The summed E-state index contributed by atoms with van der Waals surface area (Å²) >= 11 is 0. The Morgan fingerprint density at radius 2 is 1.93 bits per heavy atom. The maximum absolute atomic E-state index is 12.3. The Morgan fingerprint density at radius 3 is 2.47 bits per heavy atom. The average Bonchev–Trinajstić information content (AvgIpc) is 2.67. The third kappa shape index (κ3) is 6.04. The summed E-state index contributed by atoms with van der Waals surface area (Å²) in [5.41, 5.74) is -0.0492. The van der Waals surface area contributed by atoms with E-state index in [1.165, 1.54) is 30.3 Å². The van der Waals surface area contributed by atoms with Crippen LogP contribution in [0.25, 0.3) is 0 Å². The van der Waals surface area contributed by atoms with Gasteiger partial charge in [0, 0.05) is 18.2 Å². The van der Waals surface area contributed by atoms with Gasteiger partial charge in [0.1, 0.15) is 24.2 Å². The van der Waals surface area contributed by atoms with Crippen molar-refractivity contribution in [2.45, 2.75) is 13.8 Å². The Bertz CT molecular complexity index is 1010. The molecule has 0 unspecified atom stereocenters. The lowest BCUT2D eigenvalue weighted by molar-refractivity contribution is -0.385. The van der Waals surface area contributed by atoms with Gasteiger partial charge in [-0.3, -0.25) is 19.2 Å². The lowest BCUT2D eigenvalue weighted by Gasteiger charge is -2.24. The molecule has 12 heteroatoms. The SMILES string of the molecule is CCOC(=O)CN(c1ccc(Oc2ccc([N+](=O)[O-])cn2)cc1OCC)S(C)(=O)=O. The van der Waals surface area contributed by atoms with E-state index in [-0.39, 0.29) is 42.0 Å². The van der Waals surface area contributed by atoms with Gasteiger partial charge in [-0.05, 0) is 26.0 Å². The molecule has 162 valence electrons. The van der Waals surface area contributed by atoms with Crippen LogP contribution in [0.5, 0.6) is 17.4 Å². The number of carbonyl (C=O) groups excluding carboxylic acids is 1. The van der Waals surface area contributed by atoms with Crippen LogP contribution in [0.15, 0.2) is 36.5 Å². The summed E-state index contributed by atoms with van der Waals surface area (Å²) in [6, 6.07) is 6.89. The highest BCUT2D eigenvalue weighted by molar-refractivity contribution is 7.92. The molecule has 2 aromatic rings. The molecule has 0 aliphatic heterocycles. The van der Waals surface area contributed by atoms with Crippen molar-refractivity contribution in [3.63, 3.8) is 0 Å². The topological polar surface area (TPSA) is 138 Å². The van der Waals surface area contributed by atoms with Gasteiger partial charge < -0.3 is 14.2 Å². The predicted octanol–water partition coefficient (Wildman–Crippen LogP) is 2.51. The molecule has 1 aromatic heterocycles. The van der Waals surface area contributed by atoms with E-state index in [4.69, 9.17) is 14.2 Å². The Labute approximate surface area is 173 Å². The first-order valence-corrected chi connectivity index (χ1v) is 10.7. The molecule has 0 aliphatic rings. The molecule has 0 amide bonds. The van der Waals surface area contributed by atoms with Crippen LogP contribution in [-0.4, -0.2) is 50.3 Å². The van der Waals surface area contributed by atoms with Gasteiger partial charge in [-0.15, -0.1) is 0 Å². The van der Waals surface area contributed by atoms with E-state index in [1.54, 1.807) is 13.8 Å². The molecule has 11 nitrogen and oxygen atoms in total. The fourth-order valence-corrected chi connectivity index (χ4v) is 3.25. The van der Waals surface area contributed by atoms with E-state index in [0.717, 1.165) is 16.8 Å². The third-order valence-electron chi connectivity index (χ3n) is 3.63. The minimum absolute atomic E-state index is 0.0993. The largest absolute Gasteiger partial charge is 0.492 e. The van der Waals surface area contributed by atoms with Gasteiger partial charge in [0.15, 0.2) is 0 Å². The second kappa shape index (κ2) is 9.87. The summed E-state index contributed by atoms with van der Waals surface area (Å²) < 4.78 is 41.3. The number of ether oxygens (including phenoxy) is 3. The van der Waals surface area contributed by atoms with E-state index in [9.17, 15) is 23.3 Å². The summed E-state index contributed by atoms with van der Waals surface area (Å²) in [6.07, 6.45) is 2.02. The number of anilines is 1. The Balaban J connectivity index is 2.36. The van der Waals surface area contributed by atoms with Crippen LogP contribution in [0.4, 0.5) is 11.4 Å². The lowest BCUT2D eigenvalue weighted by Crippen LogP contribution is -2.36. The molecule has 0 bridgehead atoms. The molecule has 2 rings (SSSR count). The number of nitro groups is 1. The smallest absolute Gasteiger partial charge is 0.326 e. The molecule has 0 radical (unpaired) electrons. The standard InChI is InChI=1S/C18H21N3O8S/c1-4-27-16-10-14(29-17-9-6-13(11-19-17)21(23)24)7-8-15(16)20(30(3,25)26)12-18(22)28-5-2/h6-11H,4-5,12H2,1-3H3. The fraction of sp³-hybridized carbons (Fsp3) is 0.333. The average molecular weight is 439 g/mol. The van der Waals surface area contributed by atoms with Crippen molar-refractivity contribution in [1.29, 1.82) is 0 Å². The fourth-order valence-electron chi connectivity index (χ4n) is 2.40. The van der Waals surface area contributed by atoms with Crippen LogP contribution in [0.2, 0.25) is 0 Å². The molecular formula is C18H21N3O8S. The predicted molar refractivity (Wildman–Crippen MR) is 107 cm³/mol. The highest BCUT2D eigenvalue weighted by atomic mass is 32.2. The first kappa shape index (κ1) is 22.9. The zero-order chi connectivity index (χ0) is 22.3. The second-order valence-corrected chi connectivity index (χ2v) is 7.76. The van der Waals surface area contributed by atoms with Crippen LogP contribution in [0.3, 0.4) is 0 Å². The number of hydrogen-bond donors (Lipinski definition) is 0. The number of pyridine rings is 1. The number of hydrogen-bond acceptors (Lipinski definition) is 9. The molecule has 30 heavy (non-hydrogen) atoms. The molecule has 1 heterocycles. The summed E-state index contributed by atoms with van der Waals surface area (Å²) in [7, 11) is -3.82. The molecule has 0 saturated carbocycles. The van der Waals surface area contributed by atoms with Crippen LogP contribution in [0.1, 0.15) is 13.8 Å². The molecule has 1 aromatic carbocycles. The van der Waals surface area contributed by atoms with Crippen LogP contribution >= 0.6 is 0 Å². The highest BCUT2D eigenvalue weighted by Crippen LogP contribution is 2.35. The van der Waals surface area contributed by atoms with Gasteiger partial charge in [0.05, 0.1) is 30.1 Å². The molecule has 0 spiro atoms. The Hall–Kier alpha value is -3.41. The van der Waals surface area contributed by atoms with Crippen molar-refractivity contribution in [3.8, 4) is 17.4 Å². The number of rotatable bonds is 10. The van der Waals surface area contributed by atoms with Crippen LogP contribution in [0, 0.1) is 10.1 Å². The van der Waals surface area contributed by atoms with E-state index in [1.807, 2.05) is 0 Å². The summed E-state index contributed by atoms with van der Waals surface area (Å²) in [4.78, 5) is 25.9. The van der Waals surface area contributed by atoms with E-state index >= 15 is 0 Å². The molecule has 0 saturated heterocycles. The van der Waals surface area contributed by atoms with Crippen LogP contribution in [-0.2, 0) is 19.6 Å². The number of benzene rings is 1. The van der Waals surface area contributed by atoms with E-state index < -0.39 is 27.5 Å². The van der Waals surface area contributed by atoms with E-state index in [0.29, 0.717) is 0 Å². The van der Waals surface area contributed by atoms with Gasteiger partial charge in [-0.1, -0.05) is 0 Å². The van der Waals surface area contributed by atoms with Crippen molar-refractivity contribution in [3.05, 3.63) is 46.6 Å². The minimum Gasteiger partial charge on any atom is -0.492 e. The molecule has 0 fully saturated rings. The van der Waals surface area contributed by atoms with E-state index in [2.05, 4.69) is 4.98 Å². The summed E-state index contributed by atoms with van der Waals surface area (Å²) in [5.74, 6) is -0.192. The number of nitrogens with zero attached hydrogens (tertiary/aromatic N) is 3. The number of sulfonamides is 1. The highest BCUT2D eigenvalue weighted by Gasteiger charge is 2.25. The first-order chi connectivity index (χ1) is 14.2. The second-order valence-electron chi connectivity index (χ2n) is 5.85. The summed E-state index contributed by atoms with van der Waals surface area (Å²) in [6.45, 7) is 3.15. The van der Waals surface area contributed by atoms with Crippen molar-refractivity contribution >= 4 is 27.4 Å². The zero-order valence-electron chi connectivity index (χ0n) is 16.6. The lowest BCUT2D eigenvalue weighted by atomic mass is 10.2. The van der Waals surface area contributed by atoms with Crippen molar-refractivity contribution in [2.24, 2.45) is 0 Å². The minimum atomic E-state index is -3.82. The maximum Gasteiger partial charge on any atom is 0.326 e. The zero-order valence-corrected chi connectivity index (χ0v) is 17.4. The quantitative estimate of drug-likeness (QED) is 0.310. The van der Waals surface area contributed by atoms with Crippen molar-refractivity contribution < 1.29 is 32.3 Å². The Kier molecular flexibility index (Phi) is 7.53. The normalized spacial score (nSPS) is 10.9. The molecule has 0 atom stereocenters. The molecular weight excluding hydrogens is 418 g/mol. The van der Waals surface area contributed by atoms with Gasteiger partial charge in [-0.2, -0.15) is 0 Å². The first-order valence-electron chi connectivity index (χ1n) is 8.84. The monoisotopic (exact) mass is 439 g/mol. The summed E-state index contributed by atoms with van der Waals surface area (Å²) in [5, 5.41) is 10.7. The van der Waals surface area contributed by atoms with Crippen LogP contribution < -0.4 is 13.8 Å². The Morgan fingerprint density at radius 1 is 1.20 bits per heavy atom. The van der Waals surface area contributed by atoms with Gasteiger partial charge in [0.25, 0.3) is 5.69 Å². The third-order valence-corrected chi connectivity index (χ3v) is 4.76. The number of aromatic nitrogens is 1. The van der Waals surface area contributed by atoms with Gasteiger partial charge in [-0.25, -0.2) is 13.4 Å². The van der Waals surface area contributed by atoms with Gasteiger partial charge in [0.2, 0.25) is 15.9 Å². The molecule has 0 aliphatic carbocycles.